The summed E-state index contributed by atoms with van der Waals surface area (Å²) in [7, 11) is -2.22. The van der Waals surface area contributed by atoms with Crippen molar-refractivity contribution >= 4 is 33.3 Å². The number of ether oxygens (including phenoxy) is 1. The van der Waals surface area contributed by atoms with Gasteiger partial charge in [0.25, 0.3) is 0 Å². The second-order valence-corrected chi connectivity index (χ2v) is 7.85. The predicted octanol–water partition coefficient (Wildman–Crippen LogP) is 2.14. The van der Waals surface area contributed by atoms with Crippen molar-refractivity contribution in [2.24, 2.45) is 0 Å². The Labute approximate surface area is 163 Å². The van der Waals surface area contributed by atoms with Gasteiger partial charge in [-0.05, 0) is 24.3 Å². The number of nitriles is 1. The fourth-order valence-corrected chi connectivity index (χ4v) is 2.83. The molecule has 0 unspecified atom stereocenters. The molecule has 0 aliphatic carbocycles. The van der Waals surface area contributed by atoms with Crippen molar-refractivity contribution in [1.29, 1.82) is 5.26 Å². The fraction of sp³-hybridized carbons (Fsp3) is 0.211. The third kappa shape index (κ3) is 5.31. The van der Waals surface area contributed by atoms with E-state index >= 15 is 0 Å². The van der Waals surface area contributed by atoms with Gasteiger partial charge in [-0.15, -0.1) is 0 Å². The molecule has 2 aromatic rings. The van der Waals surface area contributed by atoms with Crippen molar-refractivity contribution in [2.45, 2.75) is 6.42 Å². The highest BCUT2D eigenvalue weighted by molar-refractivity contribution is 7.92. The Hall–Kier alpha value is -3.38. The molecule has 0 radical (unpaired) electrons. The highest BCUT2D eigenvalue weighted by Gasteiger charge is 2.20. The molecule has 0 saturated heterocycles. The van der Waals surface area contributed by atoms with Crippen molar-refractivity contribution in [3.05, 3.63) is 59.7 Å². The third-order valence-corrected chi connectivity index (χ3v) is 5.04. The normalized spacial score (nSPS) is 10.6. The van der Waals surface area contributed by atoms with Crippen LogP contribution < -0.4 is 9.62 Å². The molecule has 0 aromatic heterocycles. The standard InChI is InChI=1S/C19H19N3O5S/c1-22(28(2,25)26)17-10-6-4-8-15(17)19(24)27-12-11-18(23)21-16-9-5-3-7-14(16)13-20/h3-10H,11-12H2,1-2H3,(H,21,23). The molecule has 9 heteroatoms. The van der Waals surface area contributed by atoms with E-state index in [4.69, 9.17) is 10.00 Å². The van der Waals surface area contributed by atoms with Crippen LogP contribution in [-0.4, -0.2) is 40.2 Å². The summed E-state index contributed by atoms with van der Waals surface area (Å²) in [4.78, 5) is 24.3. The summed E-state index contributed by atoms with van der Waals surface area (Å²) in [5.41, 5.74) is 0.958. The second kappa shape index (κ2) is 9.01. The molecule has 28 heavy (non-hydrogen) atoms. The summed E-state index contributed by atoms with van der Waals surface area (Å²) in [6.45, 7) is -0.198. The predicted molar refractivity (Wildman–Crippen MR) is 104 cm³/mol. The number of nitrogens with one attached hydrogen (secondary N) is 1. The van der Waals surface area contributed by atoms with Gasteiger partial charge in [-0.2, -0.15) is 5.26 Å². The Kier molecular flexibility index (Phi) is 6.74. The first-order valence-electron chi connectivity index (χ1n) is 8.23. The van der Waals surface area contributed by atoms with E-state index in [0.717, 1.165) is 10.6 Å². The number of amides is 1. The van der Waals surface area contributed by atoms with Crippen LogP contribution >= 0.6 is 0 Å². The Bertz CT molecular complexity index is 1030. The first kappa shape index (κ1) is 20.9. The Morgan fingerprint density at radius 1 is 1.14 bits per heavy atom. The van der Waals surface area contributed by atoms with Crippen LogP contribution in [0.15, 0.2) is 48.5 Å². The Balaban J connectivity index is 1.98. The number of rotatable bonds is 7. The lowest BCUT2D eigenvalue weighted by Crippen LogP contribution is -2.27. The zero-order chi connectivity index (χ0) is 20.7. The smallest absolute Gasteiger partial charge is 0.340 e. The highest BCUT2D eigenvalue weighted by atomic mass is 32.2. The number of nitrogens with zero attached hydrogens (tertiary/aromatic N) is 2. The summed E-state index contributed by atoms with van der Waals surface area (Å²) in [6, 6.07) is 14.6. The van der Waals surface area contributed by atoms with E-state index < -0.39 is 21.9 Å². The molecular weight excluding hydrogens is 382 g/mol. The zero-order valence-electron chi connectivity index (χ0n) is 15.4. The van der Waals surface area contributed by atoms with Gasteiger partial charge < -0.3 is 10.1 Å². The number of benzene rings is 2. The monoisotopic (exact) mass is 401 g/mol. The van der Waals surface area contributed by atoms with Crippen LogP contribution in [0.3, 0.4) is 0 Å². The van der Waals surface area contributed by atoms with Crippen LogP contribution in [0.25, 0.3) is 0 Å². The number of para-hydroxylation sites is 2. The summed E-state index contributed by atoms with van der Waals surface area (Å²) >= 11 is 0. The fourth-order valence-electron chi connectivity index (χ4n) is 2.32. The molecule has 0 aliphatic heterocycles. The lowest BCUT2D eigenvalue weighted by molar-refractivity contribution is -0.116. The van der Waals surface area contributed by atoms with Crippen LogP contribution in [0.5, 0.6) is 0 Å². The Morgan fingerprint density at radius 2 is 1.79 bits per heavy atom. The third-order valence-electron chi connectivity index (χ3n) is 3.84. The molecule has 0 spiro atoms. The van der Waals surface area contributed by atoms with Gasteiger partial charge in [0.2, 0.25) is 15.9 Å². The minimum atomic E-state index is -3.55. The van der Waals surface area contributed by atoms with E-state index in [9.17, 15) is 18.0 Å². The van der Waals surface area contributed by atoms with Crippen molar-refractivity contribution in [3.8, 4) is 6.07 Å². The van der Waals surface area contributed by atoms with Gasteiger partial charge in [-0.25, -0.2) is 13.2 Å². The Morgan fingerprint density at radius 3 is 2.46 bits per heavy atom. The number of esters is 1. The SMILES string of the molecule is CN(c1ccccc1C(=O)OCCC(=O)Nc1ccccc1C#N)S(C)(=O)=O. The molecule has 0 atom stereocenters. The maximum Gasteiger partial charge on any atom is 0.340 e. The molecule has 0 heterocycles. The lowest BCUT2D eigenvalue weighted by Gasteiger charge is -2.19. The van der Waals surface area contributed by atoms with E-state index in [1.54, 1.807) is 36.4 Å². The lowest BCUT2D eigenvalue weighted by atomic mass is 10.2. The van der Waals surface area contributed by atoms with E-state index in [-0.39, 0.29) is 24.3 Å². The first-order chi connectivity index (χ1) is 13.2. The number of anilines is 2. The van der Waals surface area contributed by atoms with Crippen LogP contribution in [0.2, 0.25) is 0 Å². The number of hydrogen-bond donors (Lipinski definition) is 1. The molecule has 146 valence electrons. The quantitative estimate of drug-likeness (QED) is 0.711. The molecule has 1 amide bonds. The van der Waals surface area contributed by atoms with Gasteiger partial charge in [-0.3, -0.25) is 9.10 Å². The highest BCUT2D eigenvalue weighted by Crippen LogP contribution is 2.22. The van der Waals surface area contributed by atoms with Gasteiger partial charge in [0.1, 0.15) is 12.7 Å². The van der Waals surface area contributed by atoms with Crippen LogP contribution in [0.1, 0.15) is 22.3 Å². The number of sulfonamides is 1. The van der Waals surface area contributed by atoms with E-state index in [1.807, 2.05) is 6.07 Å². The van der Waals surface area contributed by atoms with Crippen molar-refractivity contribution in [3.63, 3.8) is 0 Å². The first-order valence-corrected chi connectivity index (χ1v) is 10.1. The van der Waals surface area contributed by atoms with Gasteiger partial charge in [-0.1, -0.05) is 24.3 Å². The topological polar surface area (TPSA) is 117 Å². The second-order valence-electron chi connectivity index (χ2n) is 5.84. The summed E-state index contributed by atoms with van der Waals surface area (Å²) < 4.78 is 29.6. The maximum atomic E-state index is 12.3. The van der Waals surface area contributed by atoms with Gasteiger partial charge in [0.15, 0.2) is 0 Å². The van der Waals surface area contributed by atoms with Gasteiger partial charge in [0, 0.05) is 7.05 Å². The van der Waals surface area contributed by atoms with Gasteiger partial charge >= 0.3 is 5.97 Å². The minimum absolute atomic E-state index is 0.0747. The van der Waals surface area contributed by atoms with Crippen molar-refractivity contribution in [1.82, 2.24) is 0 Å². The molecule has 1 N–H and O–H groups in total. The molecule has 0 bridgehead atoms. The maximum absolute atomic E-state index is 12.3. The number of carbonyl (C=O) groups excluding carboxylic acids is 2. The van der Waals surface area contributed by atoms with Crippen LogP contribution in [0.4, 0.5) is 11.4 Å². The van der Waals surface area contributed by atoms with E-state index in [1.165, 1.54) is 19.2 Å². The van der Waals surface area contributed by atoms with Crippen LogP contribution in [-0.2, 0) is 19.6 Å². The molecule has 8 nitrogen and oxygen atoms in total. The largest absolute Gasteiger partial charge is 0.461 e. The minimum Gasteiger partial charge on any atom is -0.461 e. The molecule has 2 rings (SSSR count). The molecular formula is C19H19N3O5S. The van der Waals surface area contributed by atoms with Crippen molar-refractivity contribution in [2.75, 3.05) is 29.5 Å². The molecule has 2 aromatic carbocycles. The molecule has 0 saturated carbocycles. The van der Waals surface area contributed by atoms with Gasteiger partial charge in [0.05, 0.1) is 35.2 Å². The zero-order valence-corrected chi connectivity index (χ0v) is 16.2. The summed E-state index contributed by atoms with van der Waals surface area (Å²) in [6.07, 6.45) is 0.911. The summed E-state index contributed by atoms with van der Waals surface area (Å²) in [5, 5.41) is 11.6. The van der Waals surface area contributed by atoms with E-state index in [2.05, 4.69) is 5.32 Å². The average molecular weight is 401 g/mol. The summed E-state index contributed by atoms with van der Waals surface area (Å²) in [5.74, 6) is -1.16. The number of hydrogen-bond acceptors (Lipinski definition) is 6. The van der Waals surface area contributed by atoms with Crippen LogP contribution in [0, 0.1) is 11.3 Å². The molecule has 0 aliphatic rings. The average Bonchev–Trinajstić information content (AvgIpc) is 2.67. The van der Waals surface area contributed by atoms with E-state index in [0.29, 0.717) is 11.3 Å². The number of carbonyl (C=O) groups is 2. The van der Waals surface area contributed by atoms with Crippen molar-refractivity contribution < 1.29 is 22.7 Å². The molecule has 0 fully saturated rings.